The van der Waals surface area contributed by atoms with Crippen molar-refractivity contribution in [3.05, 3.63) is 29.6 Å². The van der Waals surface area contributed by atoms with Crippen LogP contribution >= 0.6 is 0 Å². The fourth-order valence-corrected chi connectivity index (χ4v) is 1.31. The van der Waals surface area contributed by atoms with Crippen LogP contribution in [0.1, 0.15) is 10.4 Å². The van der Waals surface area contributed by atoms with Gasteiger partial charge < -0.3 is 20.8 Å². The summed E-state index contributed by atoms with van der Waals surface area (Å²) >= 11 is 0. The average Bonchev–Trinajstić information content (AvgIpc) is 2.35. The first kappa shape index (κ1) is 13.4. The predicted octanol–water partition coefficient (Wildman–Crippen LogP) is -0.0496. The molecule has 1 rings (SSSR count). The molecule has 17 heavy (non-hydrogen) atoms. The van der Waals surface area contributed by atoms with E-state index in [1.54, 1.807) is 0 Å². The van der Waals surface area contributed by atoms with Crippen LogP contribution in [0.4, 0.5) is 10.1 Å². The monoisotopic (exact) mass is 242 g/mol. The van der Waals surface area contributed by atoms with Crippen LogP contribution in [0, 0.1) is 5.82 Å². The lowest BCUT2D eigenvalue weighted by Gasteiger charge is -2.14. The summed E-state index contributed by atoms with van der Waals surface area (Å²) in [4.78, 5) is 11.5. The maximum Gasteiger partial charge on any atom is 0.253 e. The molecular formula is C11H15FN2O3. The molecule has 4 N–H and O–H groups in total. The van der Waals surface area contributed by atoms with E-state index in [0.717, 1.165) is 0 Å². The van der Waals surface area contributed by atoms with E-state index in [1.165, 1.54) is 25.2 Å². The van der Waals surface area contributed by atoms with Crippen molar-refractivity contribution < 1.29 is 19.4 Å². The van der Waals surface area contributed by atoms with Gasteiger partial charge in [-0.1, -0.05) is 6.07 Å². The number of para-hydroxylation sites is 1. The Hall–Kier alpha value is -1.66. The number of hydrogen-bond donors (Lipinski definition) is 4. The molecule has 0 radical (unpaired) electrons. The first-order chi connectivity index (χ1) is 8.10. The summed E-state index contributed by atoms with van der Waals surface area (Å²) in [6.07, 6.45) is -1.01. The highest BCUT2D eigenvalue weighted by Gasteiger charge is 2.14. The zero-order valence-corrected chi connectivity index (χ0v) is 9.40. The van der Waals surface area contributed by atoms with Crippen LogP contribution < -0.4 is 10.6 Å². The SMILES string of the molecule is CNC(=O)c1cccc(F)c1NCC(O)CO. The van der Waals surface area contributed by atoms with Gasteiger partial charge in [0.25, 0.3) is 5.91 Å². The minimum atomic E-state index is -1.01. The molecule has 6 heteroatoms. The fraction of sp³-hybridized carbons (Fsp3) is 0.364. The summed E-state index contributed by atoms with van der Waals surface area (Å²) < 4.78 is 13.5. The highest BCUT2D eigenvalue weighted by Crippen LogP contribution is 2.19. The number of hydrogen-bond acceptors (Lipinski definition) is 4. The number of carbonyl (C=O) groups is 1. The summed E-state index contributed by atoms with van der Waals surface area (Å²) in [5.74, 6) is -1.01. The first-order valence-electron chi connectivity index (χ1n) is 5.13. The highest BCUT2D eigenvalue weighted by atomic mass is 19.1. The third-order valence-electron chi connectivity index (χ3n) is 2.21. The molecule has 0 aliphatic rings. The topological polar surface area (TPSA) is 81.6 Å². The van der Waals surface area contributed by atoms with E-state index in [2.05, 4.69) is 10.6 Å². The van der Waals surface area contributed by atoms with Crippen LogP contribution in [-0.4, -0.2) is 42.4 Å². The van der Waals surface area contributed by atoms with Crippen LogP contribution in [0.15, 0.2) is 18.2 Å². The lowest BCUT2D eigenvalue weighted by molar-refractivity contribution is 0.0962. The van der Waals surface area contributed by atoms with Gasteiger partial charge in [0, 0.05) is 13.6 Å². The van der Waals surface area contributed by atoms with Crippen LogP contribution in [0.3, 0.4) is 0 Å². The van der Waals surface area contributed by atoms with Crippen molar-refractivity contribution in [1.29, 1.82) is 0 Å². The zero-order valence-electron chi connectivity index (χ0n) is 9.40. The number of benzene rings is 1. The molecule has 0 bridgehead atoms. The number of rotatable bonds is 5. The molecule has 94 valence electrons. The summed E-state index contributed by atoms with van der Waals surface area (Å²) in [6.45, 7) is -0.474. The number of aliphatic hydroxyl groups excluding tert-OH is 2. The van der Waals surface area contributed by atoms with Gasteiger partial charge in [0.1, 0.15) is 5.82 Å². The molecule has 0 aliphatic carbocycles. The second kappa shape index (κ2) is 6.17. The molecule has 1 amide bonds. The fourth-order valence-electron chi connectivity index (χ4n) is 1.31. The van der Waals surface area contributed by atoms with E-state index in [1.807, 2.05) is 0 Å². The Morgan fingerprint density at radius 2 is 2.24 bits per heavy atom. The number of aliphatic hydroxyl groups is 2. The molecule has 0 aliphatic heterocycles. The summed E-state index contributed by atoms with van der Waals surface area (Å²) in [7, 11) is 1.44. The van der Waals surface area contributed by atoms with Gasteiger partial charge >= 0.3 is 0 Å². The van der Waals surface area contributed by atoms with Crippen molar-refractivity contribution in [1.82, 2.24) is 5.32 Å². The lowest BCUT2D eigenvalue weighted by atomic mass is 10.1. The van der Waals surface area contributed by atoms with E-state index in [9.17, 15) is 9.18 Å². The molecule has 0 aromatic heterocycles. The molecule has 1 atom stereocenters. The van der Waals surface area contributed by atoms with E-state index in [-0.39, 0.29) is 17.8 Å². The third-order valence-corrected chi connectivity index (χ3v) is 2.21. The maximum absolute atomic E-state index is 13.5. The Balaban J connectivity index is 2.92. The number of amides is 1. The molecule has 0 heterocycles. The van der Waals surface area contributed by atoms with Gasteiger partial charge in [-0.2, -0.15) is 0 Å². The van der Waals surface area contributed by atoms with E-state index >= 15 is 0 Å². The average molecular weight is 242 g/mol. The summed E-state index contributed by atoms with van der Waals surface area (Å²) in [5, 5.41) is 22.8. The molecule has 0 fully saturated rings. The molecule has 0 saturated carbocycles. The Bertz CT molecular complexity index is 398. The Morgan fingerprint density at radius 1 is 1.53 bits per heavy atom. The van der Waals surface area contributed by atoms with Gasteiger partial charge in [0.2, 0.25) is 0 Å². The number of carbonyl (C=O) groups excluding carboxylic acids is 1. The van der Waals surface area contributed by atoms with Crippen LogP contribution in [0.2, 0.25) is 0 Å². The third kappa shape index (κ3) is 3.40. The Labute approximate surface area is 98.3 Å². The van der Waals surface area contributed by atoms with Gasteiger partial charge in [0.15, 0.2) is 0 Å². The number of nitrogens with one attached hydrogen (secondary N) is 2. The molecule has 0 saturated heterocycles. The minimum absolute atomic E-state index is 0.0133. The maximum atomic E-state index is 13.5. The normalized spacial score (nSPS) is 12.0. The largest absolute Gasteiger partial charge is 0.394 e. The first-order valence-corrected chi connectivity index (χ1v) is 5.13. The van der Waals surface area contributed by atoms with E-state index < -0.39 is 24.4 Å². The van der Waals surface area contributed by atoms with Crippen molar-refractivity contribution in [2.75, 3.05) is 25.5 Å². The van der Waals surface area contributed by atoms with Gasteiger partial charge in [-0.25, -0.2) is 4.39 Å². The molecule has 0 spiro atoms. The molecular weight excluding hydrogens is 227 g/mol. The van der Waals surface area contributed by atoms with Crippen molar-refractivity contribution in [2.45, 2.75) is 6.10 Å². The Morgan fingerprint density at radius 3 is 2.82 bits per heavy atom. The molecule has 1 unspecified atom stereocenters. The van der Waals surface area contributed by atoms with Crippen LogP contribution in [-0.2, 0) is 0 Å². The number of halogens is 1. The summed E-state index contributed by atoms with van der Waals surface area (Å²) in [6, 6.07) is 4.10. The quantitative estimate of drug-likeness (QED) is 0.583. The van der Waals surface area contributed by atoms with Crippen molar-refractivity contribution in [3.63, 3.8) is 0 Å². The van der Waals surface area contributed by atoms with Gasteiger partial charge in [-0.3, -0.25) is 4.79 Å². The standard InChI is InChI=1S/C11H15FN2O3/c1-13-11(17)8-3-2-4-9(12)10(8)14-5-7(16)6-15/h2-4,7,14-16H,5-6H2,1H3,(H,13,17). The van der Waals surface area contributed by atoms with Crippen LogP contribution in [0.5, 0.6) is 0 Å². The zero-order chi connectivity index (χ0) is 12.8. The number of anilines is 1. The Kier molecular flexibility index (Phi) is 4.86. The smallest absolute Gasteiger partial charge is 0.253 e. The minimum Gasteiger partial charge on any atom is -0.394 e. The molecule has 1 aromatic carbocycles. The molecule has 1 aromatic rings. The van der Waals surface area contributed by atoms with Crippen molar-refractivity contribution in [2.24, 2.45) is 0 Å². The van der Waals surface area contributed by atoms with Crippen molar-refractivity contribution >= 4 is 11.6 Å². The van der Waals surface area contributed by atoms with Gasteiger partial charge in [-0.15, -0.1) is 0 Å². The van der Waals surface area contributed by atoms with Gasteiger partial charge in [-0.05, 0) is 12.1 Å². The van der Waals surface area contributed by atoms with Crippen molar-refractivity contribution in [3.8, 4) is 0 Å². The predicted molar refractivity (Wildman–Crippen MR) is 61.4 cm³/mol. The van der Waals surface area contributed by atoms with E-state index in [0.29, 0.717) is 0 Å². The highest BCUT2D eigenvalue weighted by molar-refractivity contribution is 5.99. The second-order valence-corrected chi connectivity index (χ2v) is 3.46. The molecule has 5 nitrogen and oxygen atoms in total. The summed E-state index contributed by atoms with van der Waals surface area (Å²) in [5.41, 5.74) is 0.164. The lowest BCUT2D eigenvalue weighted by Crippen LogP contribution is -2.26. The van der Waals surface area contributed by atoms with Gasteiger partial charge in [0.05, 0.1) is 24.0 Å². The second-order valence-electron chi connectivity index (χ2n) is 3.46. The van der Waals surface area contributed by atoms with Crippen LogP contribution in [0.25, 0.3) is 0 Å². The van der Waals surface area contributed by atoms with E-state index in [4.69, 9.17) is 10.2 Å².